The van der Waals surface area contributed by atoms with E-state index in [1.54, 1.807) is 25.1 Å². The van der Waals surface area contributed by atoms with Crippen molar-refractivity contribution in [2.75, 3.05) is 17.6 Å². The molecule has 2 aromatic rings. The Hall–Kier alpha value is -1.96. The number of nitrogens with one attached hydrogen (secondary N) is 2. The first kappa shape index (κ1) is 21.3. The molecular formula is C19H22ClFN2O3S. The van der Waals surface area contributed by atoms with Crippen molar-refractivity contribution in [3.8, 4) is 0 Å². The molecule has 0 radical (unpaired) electrons. The molecule has 5 nitrogen and oxygen atoms in total. The molecule has 3 rings (SSSR count). The van der Waals surface area contributed by atoms with E-state index in [9.17, 15) is 17.6 Å². The fourth-order valence-electron chi connectivity index (χ4n) is 3.12. The number of halogens is 2. The molecule has 0 saturated carbocycles. The average molecular weight is 413 g/mol. The molecule has 0 aromatic heterocycles. The third-order valence-electron chi connectivity index (χ3n) is 4.40. The van der Waals surface area contributed by atoms with Crippen molar-refractivity contribution in [2.24, 2.45) is 0 Å². The van der Waals surface area contributed by atoms with Crippen LogP contribution in [0.3, 0.4) is 0 Å². The van der Waals surface area contributed by atoms with Crippen molar-refractivity contribution in [3.05, 3.63) is 58.9 Å². The molecule has 0 aliphatic carbocycles. The Morgan fingerprint density at radius 3 is 2.70 bits per heavy atom. The summed E-state index contributed by atoms with van der Waals surface area (Å²) in [5.74, 6) is -1.13. The van der Waals surface area contributed by atoms with Gasteiger partial charge in [0.05, 0.1) is 21.9 Å². The molecule has 0 saturated heterocycles. The van der Waals surface area contributed by atoms with Crippen LogP contribution in [0.5, 0.6) is 0 Å². The van der Waals surface area contributed by atoms with Gasteiger partial charge in [-0.15, -0.1) is 12.4 Å². The van der Waals surface area contributed by atoms with Gasteiger partial charge >= 0.3 is 0 Å². The number of carbonyl (C=O) groups is 1. The molecule has 2 N–H and O–H groups in total. The highest BCUT2D eigenvalue weighted by Crippen LogP contribution is 2.26. The van der Waals surface area contributed by atoms with E-state index in [1.165, 1.54) is 18.2 Å². The molecular weight excluding hydrogens is 391 g/mol. The molecule has 27 heavy (non-hydrogen) atoms. The number of hydrogen-bond acceptors (Lipinski definition) is 4. The highest BCUT2D eigenvalue weighted by Gasteiger charge is 2.23. The molecule has 1 aliphatic rings. The largest absolute Gasteiger partial charge is 0.319 e. The smallest absolute Gasteiger partial charge is 0.257 e. The predicted octanol–water partition coefficient (Wildman–Crippen LogP) is 3.33. The fourth-order valence-corrected chi connectivity index (χ4v) is 4.66. The van der Waals surface area contributed by atoms with E-state index in [-0.39, 0.29) is 34.3 Å². The van der Waals surface area contributed by atoms with Gasteiger partial charge in [0.1, 0.15) is 5.82 Å². The van der Waals surface area contributed by atoms with Gasteiger partial charge in [0.15, 0.2) is 9.84 Å². The van der Waals surface area contributed by atoms with Gasteiger partial charge in [0.2, 0.25) is 0 Å². The highest BCUT2D eigenvalue weighted by atomic mass is 35.5. The standard InChI is InChI=1S/C19H21FN2O3S.ClH/c1-2-11-26(24,25)17-6-4-3-5-15(17)19(23)22-16-8-7-13-12-21-10-9-14(13)18(16)20;/h3-8,21H,2,9-12H2,1H3,(H,22,23);1H. The average Bonchev–Trinajstić information content (AvgIpc) is 2.64. The number of fused-ring (bicyclic) bond motifs is 1. The van der Waals surface area contributed by atoms with Gasteiger partial charge in [-0.25, -0.2) is 12.8 Å². The molecule has 0 atom stereocenters. The maximum absolute atomic E-state index is 14.7. The van der Waals surface area contributed by atoms with Crippen LogP contribution in [0, 0.1) is 5.82 Å². The second kappa shape index (κ2) is 8.82. The fraction of sp³-hybridized carbons (Fsp3) is 0.316. The van der Waals surface area contributed by atoms with E-state index in [4.69, 9.17) is 0 Å². The second-order valence-corrected chi connectivity index (χ2v) is 8.34. The third-order valence-corrected chi connectivity index (χ3v) is 6.37. The van der Waals surface area contributed by atoms with Crippen LogP contribution in [0.1, 0.15) is 34.8 Å². The minimum atomic E-state index is -3.57. The SMILES string of the molecule is CCCS(=O)(=O)c1ccccc1C(=O)Nc1ccc2c(c1F)CCNC2.Cl. The Morgan fingerprint density at radius 2 is 1.96 bits per heavy atom. The zero-order valence-electron chi connectivity index (χ0n) is 14.9. The Labute approximate surface area is 164 Å². The second-order valence-electron chi connectivity index (χ2n) is 6.26. The lowest BCUT2D eigenvalue weighted by atomic mass is 9.99. The summed E-state index contributed by atoms with van der Waals surface area (Å²) in [6.45, 7) is 3.04. The molecule has 0 bridgehead atoms. The summed E-state index contributed by atoms with van der Waals surface area (Å²) >= 11 is 0. The molecule has 1 heterocycles. The van der Waals surface area contributed by atoms with Gasteiger partial charge in [0.25, 0.3) is 5.91 Å². The van der Waals surface area contributed by atoms with Crippen LogP contribution in [0.25, 0.3) is 0 Å². The third kappa shape index (κ3) is 4.48. The normalized spacial score (nSPS) is 13.4. The number of carbonyl (C=O) groups excluding carboxylic acids is 1. The van der Waals surface area contributed by atoms with Gasteiger partial charge in [-0.3, -0.25) is 4.79 Å². The topological polar surface area (TPSA) is 75.3 Å². The van der Waals surface area contributed by atoms with E-state index in [1.807, 2.05) is 0 Å². The number of hydrogen-bond donors (Lipinski definition) is 2. The summed E-state index contributed by atoms with van der Waals surface area (Å²) in [5, 5.41) is 5.70. The van der Waals surface area contributed by atoms with Crippen molar-refractivity contribution in [3.63, 3.8) is 0 Å². The van der Waals surface area contributed by atoms with Gasteiger partial charge < -0.3 is 10.6 Å². The van der Waals surface area contributed by atoms with Gasteiger partial charge in [-0.05, 0) is 48.7 Å². The van der Waals surface area contributed by atoms with Crippen LogP contribution >= 0.6 is 12.4 Å². The number of benzene rings is 2. The summed E-state index contributed by atoms with van der Waals surface area (Å²) in [5.41, 5.74) is 1.56. The van der Waals surface area contributed by atoms with Crippen molar-refractivity contribution in [1.82, 2.24) is 5.32 Å². The molecule has 0 unspecified atom stereocenters. The Bertz CT molecular complexity index is 948. The Morgan fingerprint density at radius 1 is 1.22 bits per heavy atom. The van der Waals surface area contributed by atoms with Crippen LogP contribution in [0.2, 0.25) is 0 Å². The zero-order valence-corrected chi connectivity index (χ0v) is 16.6. The lowest BCUT2D eigenvalue weighted by Gasteiger charge is -2.19. The molecule has 8 heteroatoms. The summed E-state index contributed by atoms with van der Waals surface area (Å²) in [6.07, 6.45) is 0.998. The monoisotopic (exact) mass is 412 g/mol. The number of sulfone groups is 1. The minimum absolute atomic E-state index is 0. The molecule has 1 aliphatic heterocycles. The van der Waals surface area contributed by atoms with Crippen LogP contribution in [0.4, 0.5) is 10.1 Å². The maximum atomic E-state index is 14.7. The number of anilines is 1. The lowest BCUT2D eigenvalue weighted by molar-refractivity contribution is 0.102. The minimum Gasteiger partial charge on any atom is -0.319 e. The molecule has 146 valence electrons. The molecule has 0 spiro atoms. The molecule has 2 aromatic carbocycles. The summed E-state index contributed by atoms with van der Waals surface area (Å²) in [7, 11) is -3.57. The van der Waals surface area contributed by atoms with E-state index in [0.717, 1.165) is 5.56 Å². The summed E-state index contributed by atoms with van der Waals surface area (Å²) < 4.78 is 39.5. The summed E-state index contributed by atoms with van der Waals surface area (Å²) in [4.78, 5) is 12.6. The van der Waals surface area contributed by atoms with Crippen LogP contribution < -0.4 is 10.6 Å². The van der Waals surface area contributed by atoms with Gasteiger partial charge in [-0.2, -0.15) is 0 Å². The van der Waals surface area contributed by atoms with Crippen molar-refractivity contribution in [1.29, 1.82) is 0 Å². The van der Waals surface area contributed by atoms with Crippen molar-refractivity contribution in [2.45, 2.75) is 31.2 Å². The number of rotatable bonds is 5. The van der Waals surface area contributed by atoms with Gasteiger partial charge in [-0.1, -0.05) is 25.1 Å². The van der Waals surface area contributed by atoms with E-state index in [0.29, 0.717) is 31.5 Å². The first-order valence-corrected chi connectivity index (χ1v) is 10.2. The first-order chi connectivity index (χ1) is 12.4. The summed E-state index contributed by atoms with van der Waals surface area (Å²) in [6, 6.07) is 9.32. The lowest BCUT2D eigenvalue weighted by Crippen LogP contribution is -2.25. The predicted molar refractivity (Wildman–Crippen MR) is 106 cm³/mol. The molecule has 1 amide bonds. The Kier molecular flexibility index (Phi) is 6.97. The van der Waals surface area contributed by atoms with E-state index in [2.05, 4.69) is 10.6 Å². The maximum Gasteiger partial charge on any atom is 0.257 e. The quantitative estimate of drug-likeness (QED) is 0.789. The van der Waals surface area contributed by atoms with Gasteiger partial charge in [0, 0.05) is 6.54 Å². The highest BCUT2D eigenvalue weighted by molar-refractivity contribution is 7.91. The number of amides is 1. The first-order valence-electron chi connectivity index (χ1n) is 8.58. The van der Waals surface area contributed by atoms with Crippen molar-refractivity contribution < 1.29 is 17.6 Å². The molecule has 0 fully saturated rings. The van der Waals surface area contributed by atoms with Crippen molar-refractivity contribution >= 4 is 33.8 Å². The van der Waals surface area contributed by atoms with Crippen LogP contribution in [0.15, 0.2) is 41.3 Å². The van der Waals surface area contributed by atoms with E-state index >= 15 is 0 Å². The zero-order chi connectivity index (χ0) is 18.7. The van der Waals surface area contributed by atoms with Crippen LogP contribution in [-0.4, -0.2) is 26.6 Å². The van der Waals surface area contributed by atoms with E-state index < -0.39 is 21.6 Å². The van der Waals surface area contributed by atoms with Crippen LogP contribution in [-0.2, 0) is 22.8 Å². The Balaban J connectivity index is 0.00000261.